The Morgan fingerprint density at radius 1 is 1.00 bits per heavy atom. The van der Waals surface area contributed by atoms with Crippen LogP contribution < -0.4 is 15.2 Å². The van der Waals surface area contributed by atoms with E-state index in [0.717, 1.165) is 16.9 Å². The molecule has 0 aromatic heterocycles. The minimum Gasteiger partial charge on any atom is -0.496 e. The van der Waals surface area contributed by atoms with E-state index >= 15 is 0 Å². The fourth-order valence-electron chi connectivity index (χ4n) is 2.22. The van der Waals surface area contributed by atoms with Crippen molar-refractivity contribution in [2.75, 3.05) is 14.2 Å². The SMILES string of the molecule is COc1ccc(C(N)c2cc(F)ccc2OC)cc1C. The van der Waals surface area contributed by atoms with E-state index in [2.05, 4.69) is 0 Å². The minimum atomic E-state index is -0.453. The molecule has 1 atom stereocenters. The van der Waals surface area contributed by atoms with Crippen molar-refractivity contribution >= 4 is 0 Å². The van der Waals surface area contributed by atoms with Crippen LogP contribution in [0.25, 0.3) is 0 Å². The molecule has 106 valence electrons. The lowest BCUT2D eigenvalue weighted by Gasteiger charge is -2.17. The lowest BCUT2D eigenvalue weighted by atomic mass is 9.97. The highest BCUT2D eigenvalue weighted by atomic mass is 19.1. The summed E-state index contributed by atoms with van der Waals surface area (Å²) in [5, 5.41) is 0. The van der Waals surface area contributed by atoms with E-state index in [-0.39, 0.29) is 5.82 Å². The second-order valence-corrected chi connectivity index (χ2v) is 4.59. The molecule has 2 aromatic carbocycles. The minimum absolute atomic E-state index is 0.332. The Morgan fingerprint density at radius 2 is 1.65 bits per heavy atom. The Hall–Kier alpha value is -2.07. The van der Waals surface area contributed by atoms with Crippen molar-refractivity contribution in [3.8, 4) is 11.5 Å². The van der Waals surface area contributed by atoms with E-state index in [4.69, 9.17) is 15.2 Å². The van der Waals surface area contributed by atoms with E-state index in [9.17, 15) is 4.39 Å². The summed E-state index contributed by atoms with van der Waals surface area (Å²) in [5.41, 5.74) is 8.72. The summed E-state index contributed by atoms with van der Waals surface area (Å²) in [7, 11) is 3.17. The Balaban J connectivity index is 2.43. The van der Waals surface area contributed by atoms with Gasteiger partial charge in [0.15, 0.2) is 0 Å². The van der Waals surface area contributed by atoms with Crippen LogP contribution >= 0.6 is 0 Å². The number of benzene rings is 2. The molecule has 0 saturated heterocycles. The monoisotopic (exact) mass is 275 g/mol. The fourth-order valence-corrected chi connectivity index (χ4v) is 2.22. The Bertz CT molecular complexity index is 613. The van der Waals surface area contributed by atoms with Crippen LogP contribution in [0.2, 0.25) is 0 Å². The second kappa shape index (κ2) is 5.92. The van der Waals surface area contributed by atoms with Crippen LogP contribution in [0.3, 0.4) is 0 Å². The maximum absolute atomic E-state index is 13.4. The van der Waals surface area contributed by atoms with Gasteiger partial charge in [0.05, 0.1) is 20.3 Å². The molecule has 0 aliphatic heterocycles. The maximum atomic E-state index is 13.4. The molecule has 0 aliphatic rings. The van der Waals surface area contributed by atoms with Gasteiger partial charge in [-0.2, -0.15) is 0 Å². The maximum Gasteiger partial charge on any atom is 0.124 e. The molecular weight excluding hydrogens is 257 g/mol. The predicted octanol–water partition coefficient (Wildman–Crippen LogP) is 3.20. The van der Waals surface area contributed by atoms with Crippen LogP contribution in [0, 0.1) is 12.7 Å². The van der Waals surface area contributed by atoms with Gasteiger partial charge in [-0.15, -0.1) is 0 Å². The van der Waals surface area contributed by atoms with Gasteiger partial charge >= 0.3 is 0 Å². The van der Waals surface area contributed by atoms with Gasteiger partial charge in [0.2, 0.25) is 0 Å². The molecule has 1 unspecified atom stereocenters. The molecule has 3 nitrogen and oxygen atoms in total. The van der Waals surface area contributed by atoms with Gasteiger partial charge in [0.1, 0.15) is 17.3 Å². The Kier molecular flexibility index (Phi) is 4.25. The highest BCUT2D eigenvalue weighted by Gasteiger charge is 2.16. The molecule has 4 heteroatoms. The zero-order valence-electron chi connectivity index (χ0n) is 11.8. The van der Waals surface area contributed by atoms with Gasteiger partial charge in [-0.3, -0.25) is 0 Å². The topological polar surface area (TPSA) is 44.5 Å². The van der Waals surface area contributed by atoms with E-state index in [1.165, 1.54) is 12.1 Å². The highest BCUT2D eigenvalue weighted by molar-refractivity contribution is 5.45. The van der Waals surface area contributed by atoms with Crippen LogP contribution in [-0.2, 0) is 0 Å². The molecule has 0 aliphatic carbocycles. The molecule has 20 heavy (non-hydrogen) atoms. The van der Waals surface area contributed by atoms with Crippen LogP contribution in [0.5, 0.6) is 11.5 Å². The number of halogens is 1. The normalized spacial score (nSPS) is 12.1. The largest absolute Gasteiger partial charge is 0.496 e. The quantitative estimate of drug-likeness (QED) is 0.932. The summed E-state index contributed by atoms with van der Waals surface area (Å²) in [6.07, 6.45) is 0. The number of nitrogens with two attached hydrogens (primary N) is 1. The zero-order chi connectivity index (χ0) is 14.7. The van der Waals surface area contributed by atoms with Gasteiger partial charge < -0.3 is 15.2 Å². The number of rotatable bonds is 4. The van der Waals surface area contributed by atoms with Crippen molar-refractivity contribution in [1.29, 1.82) is 0 Å². The van der Waals surface area contributed by atoms with E-state index in [0.29, 0.717) is 11.3 Å². The van der Waals surface area contributed by atoms with Gasteiger partial charge in [0, 0.05) is 5.56 Å². The third kappa shape index (κ3) is 2.75. The molecule has 0 fully saturated rings. The van der Waals surface area contributed by atoms with E-state index < -0.39 is 6.04 Å². The average Bonchev–Trinajstić information content (AvgIpc) is 2.46. The fraction of sp³-hybridized carbons (Fsp3) is 0.250. The first kappa shape index (κ1) is 14.3. The smallest absolute Gasteiger partial charge is 0.124 e. The third-order valence-corrected chi connectivity index (χ3v) is 3.30. The summed E-state index contributed by atoms with van der Waals surface area (Å²) in [6, 6.07) is 9.56. The molecule has 0 amide bonds. The standard InChI is InChI=1S/C16H18FNO2/c1-10-8-11(4-6-14(10)19-2)16(18)13-9-12(17)5-7-15(13)20-3/h4-9,16H,18H2,1-3H3. The molecule has 2 rings (SSSR count). The van der Waals surface area contributed by atoms with Gasteiger partial charge in [-0.1, -0.05) is 12.1 Å². The lowest BCUT2D eigenvalue weighted by molar-refractivity contribution is 0.406. The summed E-state index contributed by atoms with van der Waals surface area (Å²) in [6.45, 7) is 1.94. The number of methoxy groups -OCH3 is 2. The van der Waals surface area contributed by atoms with Gasteiger partial charge in [-0.05, 0) is 42.3 Å². The average molecular weight is 275 g/mol. The molecule has 2 aromatic rings. The number of aryl methyl sites for hydroxylation is 1. The van der Waals surface area contributed by atoms with Crippen molar-refractivity contribution in [2.45, 2.75) is 13.0 Å². The van der Waals surface area contributed by atoms with Crippen molar-refractivity contribution in [2.24, 2.45) is 5.73 Å². The van der Waals surface area contributed by atoms with Crippen molar-refractivity contribution < 1.29 is 13.9 Å². The van der Waals surface area contributed by atoms with Gasteiger partial charge in [-0.25, -0.2) is 4.39 Å². The third-order valence-electron chi connectivity index (χ3n) is 3.30. The first-order chi connectivity index (χ1) is 9.56. The molecule has 0 heterocycles. The van der Waals surface area contributed by atoms with Crippen molar-refractivity contribution in [3.63, 3.8) is 0 Å². The molecule has 0 spiro atoms. The first-order valence-electron chi connectivity index (χ1n) is 6.30. The second-order valence-electron chi connectivity index (χ2n) is 4.59. The Morgan fingerprint density at radius 3 is 2.25 bits per heavy atom. The molecular formula is C16H18FNO2. The van der Waals surface area contributed by atoms with Crippen LogP contribution in [0.1, 0.15) is 22.7 Å². The lowest BCUT2D eigenvalue weighted by Crippen LogP contribution is -2.13. The Labute approximate surface area is 118 Å². The zero-order valence-corrected chi connectivity index (χ0v) is 11.8. The summed E-state index contributed by atoms with van der Waals surface area (Å²) in [4.78, 5) is 0. The number of ether oxygens (including phenoxy) is 2. The van der Waals surface area contributed by atoms with Crippen LogP contribution in [-0.4, -0.2) is 14.2 Å². The number of hydrogen-bond acceptors (Lipinski definition) is 3. The molecule has 0 radical (unpaired) electrons. The van der Waals surface area contributed by atoms with Crippen LogP contribution in [0.15, 0.2) is 36.4 Å². The van der Waals surface area contributed by atoms with E-state index in [1.54, 1.807) is 20.3 Å². The van der Waals surface area contributed by atoms with Crippen LogP contribution in [0.4, 0.5) is 4.39 Å². The van der Waals surface area contributed by atoms with Crippen molar-refractivity contribution in [1.82, 2.24) is 0 Å². The molecule has 0 saturated carbocycles. The molecule has 2 N–H and O–H groups in total. The highest BCUT2D eigenvalue weighted by Crippen LogP contribution is 2.31. The van der Waals surface area contributed by atoms with E-state index in [1.807, 2.05) is 25.1 Å². The summed E-state index contributed by atoms with van der Waals surface area (Å²) >= 11 is 0. The summed E-state index contributed by atoms with van der Waals surface area (Å²) in [5.74, 6) is 1.04. The van der Waals surface area contributed by atoms with Crippen molar-refractivity contribution in [3.05, 3.63) is 58.9 Å². The molecule has 0 bridgehead atoms. The van der Waals surface area contributed by atoms with Gasteiger partial charge in [0.25, 0.3) is 0 Å². The predicted molar refractivity (Wildman–Crippen MR) is 76.7 cm³/mol. The number of hydrogen-bond donors (Lipinski definition) is 1. The summed E-state index contributed by atoms with van der Waals surface area (Å²) < 4.78 is 23.9. The first-order valence-corrected chi connectivity index (χ1v) is 6.30.